The normalized spacial score (nSPS) is 13.6. The molecule has 0 fully saturated rings. The van der Waals surface area contributed by atoms with Gasteiger partial charge in [0, 0.05) is 12.2 Å². The number of rotatable bonds is 1. The van der Waals surface area contributed by atoms with Crippen LogP contribution in [0.25, 0.3) is 11.4 Å². The Bertz CT molecular complexity index is 570. The molecule has 0 amide bonds. The number of nitrogens with two attached hydrogens (primary N) is 1. The molecule has 5 heteroatoms. The van der Waals surface area contributed by atoms with Gasteiger partial charge in [-0.1, -0.05) is 0 Å². The monoisotopic (exact) mass is 229 g/mol. The minimum atomic E-state index is 0.327. The van der Waals surface area contributed by atoms with Crippen molar-refractivity contribution in [2.45, 2.75) is 32.7 Å². The van der Waals surface area contributed by atoms with Gasteiger partial charge in [0.05, 0.1) is 23.4 Å². The van der Waals surface area contributed by atoms with Gasteiger partial charge < -0.3 is 10.3 Å². The third-order valence-corrected chi connectivity index (χ3v) is 3.16. The molecule has 1 aliphatic rings. The van der Waals surface area contributed by atoms with Crippen molar-refractivity contribution in [3.05, 3.63) is 23.8 Å². The van der Waals surface area contributed by atoms with Crippen LogP contribution in [0, 0.1) is 0 Å². The molecule has 0 saturated carbocycles. The van der Waals surface area contributed by atoms with Crippen molar-refractivity contribution < 1.29 is 0 Å². The van der Waals surface area contributed by atoms with E-state index >= 15 is 0 Å². The molecule has 88 valence electrons. The highest BCUT2D eigenvalue weighted by molar-refractivity contribution is 5.65. The molecule has 2 heterocycles. The molecule has 1 aliphatic carbocycles. The van der Waals surface area contributed by atoms with Crippen LogP contribution in [0.2, 0.25) is 0 Å². The highest BCUT2D eigenvalue weighted by atomic mass is 15.1. The molecule has 2 aromatic heterocycles. The first-order valence-corrected chi connectivity index (χ1v) is 5.84. The van der Waals surface area contributed by atoms with Crippen molar-refractivity contribution in [1.29, 1.82) is 0 Å². The van der Waals surface area contributed by atoms with Crippen molar-refractivity contribution in [1.82, 2.24) is 19.5 Å². The van der Waals surface area contributed by atoms with Crippen LogP contribution >= 0.6 is 0 Å². The predicted octanol–water partition coefficient (Wildman–Crippen LogP) is 1.60. The number of nitrogens with zero attached hydrogens (tertiary/aromatic N) is 4. The molecule has 0 aliphatic heterocycles. The van der Waals surface area contributed by atoms with Crippen LogP contribution in [0.4, 0.5) is 5.95 Å². The predicted molar refractivity (Wildman–Crippen MR) is 65.5 cm³/mol. The van der Waals surface area contributed by atoms with Gasteiger partial charge >= 0.3 is 0 Å². The lowest BCUT2D eigenvalue weighted by Crippen LogP contribution is -2.12. The molecule has 0 radical (unpaired) electrons. The van der Waals surface area contributed by atoms with Gasteiger partial charge in [0.25, 0.3) is 0 Å². The van der Waals surface area contributed by atoms with E-state index in [1.54, 1.807) is 0 Å². The number of aryl methyl sites for hydroxylation is 2. The third-order valence-electron chi connectivity index (χ3n) is 3.16. The Balaban J connectivity index is 2.26. The number of nitrogen functional groups attached to an aromatic ring is 1. The van der Waals surface area contributed by atoms with Crippen LogP contribution in [-0.2, 0) is 12.8 Å². The fourth-order valence-corrected chi connectivity index (χ4v) is 2.29. The van der Waals surface area contributed by atoms with Gasteiger partial charge in [0.2, 0.25) is 5.95 Å². The number of hydrogen-bond donors (Lipinski definition) is 1. The quantitative estimate of drug-likeness (QED) is 0.806. The van der Waals surface area contributed by atoms with E-state index in [9.17, 15) is 0 Å². The Kier molecular flexibility index (Phi) is 2.14. The summed E-state index contributed by atoms with van der Waals surface area (Å²) >= 11 is 0. The van der Waals surface area contributed by atoms with Crippen LogP contribution in [-0.4, -0.2) is 19.5 Å². The molecular weight excluding hydrogens is 214 g/mol. The Morgan fingerprint density at radius 1 is 1.29 bits per heavy atom. The summed E-state index contributed by atoms with van der Waals surface area (Å²) in [6.07, 6.45) is 5.62. The second-order valence-corrected chi connectivity index (χ2v) is 4.64. The summed E-state index contributed by atoms with van der Waals surface area (Å²) in [5.41, 5.74) is 10.0. The maximum atomic E-state index is 5.68. The van der Waals surface area contributed by atoms with Crippen LogP contribution in [0.5, 0.6) is 0 Å². The number of anilines is 1. The van der Waals surface area contributed by atoms with Crippen LogP contribution in [0.1, 0.15) is 31.1 Å². The van der Waals surface area contributed by atoms with Gasteiger partial charge in [-0.2, -0.15) is 0 Å². The Hall–Kier alpha value is -1.91. The number of hydrogen-bond acceptors (Lipinski definition) is 4. The summed E-state index contributed by atoms with van der Waals surface area (Å²) in [6, 6.07) is 0.369. The molecule has 5 nitrogen and oxygen atoms in total. The van der Waals surface area contributed by atoms with Crippen molar-refractivity contribution in [2.75, 3.05) is 5.73 Å². The Morgan fingerprint density at radius 2 is 2.12 bits per heavy atom. The van der Waals surface area contributed by atoms with E-state index in [4.69, 9.17) is 5.73 Å². The molecule has 0 bridgehead atoms. The fraction of sp³-hybridized carbons (Fsp3) is 0.417. The first kappa shape index (κ1) is 10.3. The van der Waals surface area contributed by atoms with Crippen molar-refractivity contribution >= 4 is 5.95 Å². The second-order valence-electron chi connectivity index (χ2n) is 4.64. The third kappa shape index (κ3) is 1.50. The van der Waals surface area contributed by atoms with Gasteiger partial charge in [-0.25, -0.2) is 15.0 Å². The lowest BCUT2D eigenvalue weighted by atomic mass is 9.97. The van der Waals surface area contributed by atoms with E-state index in [0.29, 0.717) is 12.0 Å². The lowest BCUT2D eigenvalue weighted by Gasteiger charge is -2.19. The number of aromatic nitrogens is 4. The van der Waals surface area contributed by atoms with Gasteiger partial charge in [0.1, 0.15) is 0 Å². The molecule has 2 aromatic rings. The number of imidazole rings is 1. The van der Waals surface area contributed by atoms with E-state index < -0.39 is 0 Å². The van der Waals surface area contributed by atoms with E-state index in [1.165, 1.54) is 0 Å². The SMILES string of the molecule is CC(C)n1cnc2c1-c1nc(N)ncc1CC2. The second kappa shape index (κ2) is 3.55. The van der Waals surface area contributed by atoms with Crippen LogP contribution in [0.15, 0.2) is 12.5 Å². The summed E-state index contributed by atoms with van der Waals surface area (Å²) in [6.45, 7) is 4.28. The van der Waals surface area contributed by atoms with E-state index in [0.717, 1.165) is 35.5 Å². The minimum absolute atomic E-state index is 0.327. The van der Waals surface area contributed by atoms with Gasteiger partial charge in [-0.05, 0) is 32.3 Å². The maximum Gasteiger partial charge on any atom is 0.220 e. The molecule has 0 atom stereocenters. The molecule has 17 heavy (non-hydrogen) atoms. The first-order chi connectivity index (χ1) is 8.16. The smallest absolute Gasteiger partial charge is 0.220 e. The van der Waals surface area contributed by atoms with Crippen LogP contribution < -0.4 is 5.73 Å². The zero-order valence-electron chi connectivity index (χ0n) is 10.0. The van der Waals surface area contributed by atoms with Crippen molar-refractivity contribution in [3.8, 4) is 11.4 Å². The van der Waals surface area contributed by atoms with Crippen molar-refractivity contribution in [3.63, 3.8) is 0 Å². The topological polar surface area (TPSA) is 69.6 Å². The molecule has 0 unspecified atom stereocenters. The van der Waals surface area contributed by atoms with Gasteiger partial charge in [-0.15, -0.1) is 0 Å². The zero-order valence-corrected chi connectivity index (χ0v) is 10.0. The lowest BCUT2D eigenvalue weighted by molar-refractivity contribution is 0.602. The Labute approximate surface area is 99.7 Å². The average Bonchev–Trinajstić information content (AvgIpc) is 2.73. The van der Waals surface area contributed by atoms with Gasteiger partial charge in [0.15, 0.2) is 0 Å². The summed E-state index contributed by atoms with van der Waals surface area (Å²) in [5, 5.41) is 0. The minimum Gasteiger partial charge on any atom is -0.368 e. The summed E-state index contributed by atoms with van der Waals surface area (Å²) in [4.78, 5) is 12.9. The summed E-state index contributed by atoms with van der Waals surface area (Å²) in [7, 11) is 0. The van der Waals surface area contributed by atoms with Crippen molar-refractivity contribution in [2.24, 2.45) is 0 Å². The highest BCUT2D eigenvalue weighted by Crippen LogP contribution is 2.32. The standard InChI is InChI=1S/C12H15N5/c1-7(2)17-6-15-9-4-3-8-5-14-12(13)16-10(8)11(9)17/h5-7H,3-4H2,1-2H3,(H2,13,14,16). The molecule has 3 rings (SSSR count). The Morgan fingerprint density at radius 3 is 2.88 bits per heavy atom. The largest absolute Gasteiger partial charge is 0.368 e. The highest BCUT2D eigenvalue weighted by Gasteiger charge is 2.23. The summed E-state index contributed by atoms with van der Waals surface area (Å²) < 4.78 is 2.15. The van der Waals surface area contributed by atoms with E-state index in [1.807, 2.05) is 12.5 Å². The molecular formula is C12H15N5. The molecule has 0 saturated heterocycles. The number of fused-ring (bicyclic) bond motifs is 3. The fourth-order valence-electron chi connectivity index (χ4n) is 2.29. The molecule has 2 N–H and O–H groups in total. The van der Waals surface area contributed by atoms with Gasteiger partial charge in [-0.3, -0.25) is 0 Å². The molecule has 0 aromatic carbocycles. The summed E-state index contributed by atoms with van der Waals surface area (Å²) in [5.74, 6) is 0.327. The van der Waals surface area contributed by atoms with E-state index in [-0.39, 0.29) is 0 Å². The molecule has 0 spiro atoms. The zero-order chi connectivity index (χ0) is 12.0. The van der Waals surface area contributed by atoms with E-state index in [2.05, 4.69) is 33.4 Å². The average molecular weight is 229 g/mol. The van der Waals surface area contributed by atoms with Crippen LogP contribution in [0.3, 0.4) is 0 Å². The maximum absolute atomic E-state index is 5.68. The first-order valence-electron chi connectivity index (χ1n) is 5.84.